The summed E-state index contributed by atoms with van der Waals surface area (Å²) in [6, 6.07) is 25.3. The maximum atomic E-state index is 4.65. The van der Waals surface area contributed by atoms with Crippen molar-refractivity contribution >= 4 is 58.6 Å². The maximum Gasteiger partial charge on any atom is 0.0201 e. The largest absolute Gasteiger partial charge is 0.143 e. The molecule has 0 spiro atoms. The van der Waals surface area contributed by atoms with Crippen LogP contribution in [-0.4, -0.2) is 0 Å². The Morgan fingerprint density at radius 3 is 2.13 bits per heavy atom. The zero-order valence-corrected chi connectivity index (χ0v) is 14.8. The highest BCUT2D eigenvalue weighted by atomic mass is 32.2. The van der Waals surface area contributed by atoms with Crippen LogP contribution in [0.1, 0.15) is 0 Å². The number of benzene rings is 4. The minimum absolute atomic E-state index is 1.01. The van der Waals surface area contributed by atoms with Gasteiger partial charge in [-0.05, 0) is 45.8 Å². The topological polar surface area (TPSA) is 0 Å². The molecule has 0 aliphatic rings. The fourth-order valence-corrected chi connectivity index (χ4v) is 4.53. The van der Waals surface area contributed by atoms with Crippen molar-refractivity contribution in [1.29, 1.82) is 0 Å². The van der Waals surface area contributed by atoms with E-state index in [1.807, 2.05) is 6.07 Å². The van der Waals surface area contributed by atoms with Crippen LogP contribution >= 0.6 is 37.0 Å². The summed E-state index contributed by atoms with van der Waals surface area (Å²) in [5.41, 5.74) is 0. The highest BCUT2D eigenvalue weighted by molar-refractivity contribution is 7.99. The second-order valence-corrected chi connectivity index (χ2v) is 7.47. The molecule has 4 aromatic carbocycles. The van der Waals surface area contributed by atoms with E-state index in [-0.39, 0.29) is 0 Å². The van der Waals surface area contributed by atoms with Crippen molar-refractivity contribution in [2.24, 2.45) is 0 Å². The van der Waals surface area contributed by atoms with Crippen molar-refractivity contribution in [3.05, 3.63) is 72.8 Å². The summed E-state index contributed by atoms with van der Waals surface area (Å²) in [5.74, 6) is 0. The number of rotatable bonds is 2. The Balaban J connectivity index is 1.84. The van der Waals surface area contributed by atoms with Crippen LogP contribution in [0.4, 0.5) is 0 Å². The second-order valence-electron chi connectivity index (χ2n) is 5.39. The molecule has 0 radical (unpaired) electrons. The van der Waals surface area contributed by atoms with Gasteiger partial charge in [-0.25, -0.2) is 0 Å². The Bertz CT molecular complexity index is 1020. The second kappa shape index (κ2) is 6.16. The van der Waals surface area contributed by atoms with Crippen LogP contribution in [0.25, 0.3) is 21.5 Å². The molecule has 0 amide bonds. The number of hydrogen-bond donors (Lipinski definition) is 2. The first-order valence-corrected chi connectivity index (χ1v) is 9.04. The van der Waals surface area contributed by atoms with Gasteiger partial charge in [-0.1, -0.05) is 60.3 Å². The van der Waals surface area contributed by atoms with Gasteiger partial charge < -0.3 is 0 Å². The van der Waals surface area contributed by atoms with Crippen LogP contribution in [0, 0.1) is 0 Å². The number of hydrogen-bond acceptors (Lipinski definition) is 3. The normalized spacial score (nSPS) is 11.2. The molecule has 0 aromatic heterocycles. The summed E-state index contributed by atoms with van der Waals surface area (Å²) in [6.07, 6.45) is 0. The minimum atomic E-state index is 1.01. The van der Waals surface area contributed by atoms with Gasteiger partial charge in [-0.15, -0.1) is 25.3 Å². The van der Waals surface area contributed by atoms with Crippen LogP contribution in [0.15, 0.2) is 92.4 Å². The summed E-state index contributed by atoms with van der Waals surface area (Å²) < 4.78 is 0. The van der Waals surface area contributed by atoms with Crippen molar-refractivity contribution in [3.63, 3.8) is 0 Å². The Labute approximate surface area is 150 Å². The predicted octanol–water partition coefficient (Wildman–Crippen LogP) is 6.72. The van der Waals surface area contributed by atoms with Crippen molar-refractivity contribution in [1.82, 2.24) is 0 Å². The molecule has 0 saturated carbocycles. The van der Waals surface area contributed by atoms with Gasteiger partial charge in [0.05, 0.1) is 0 Å². The van der Waals surface area contributed by atoms with E-state index in [1.54, 1.807) is 11.8 Å². The van der Waals surface area contributed by atoms with E-state index in [4.69, 9.17) is 0 Å². The molecule has 0 heterocycles. The molecular weight excluding hydrogens is 336 g/mol. The van der Waals surface area contributed by atoms with Gasteiger partial charge in [-0.2, -0.15) is 0 Å². The van der Waals surface area contributed by atoms with Gasteiger partial charge in [-0.3, -0.25) is 0 Å². The Kier molecular flexibility index (Phi) is 4.02. The summed E-state index contributed by atoms with van der Waals surface area (Å²) in [4.78, 5) is 4.46. The summed E-state index contributed by atoms with van der Waals surface area (Å²) in [7, 11) is 0. The van der Waals surface area contributed by atoms with E-state index in [1.165, 1.54) is 31.3 Å². The molecular formula is C20H14S3. The lowest BCUT2D eigenvalue weighted by atomic mass is 10.1. The first kappa shape index (κ1) is 15.0. The smallest absolute Gasteiger partial charge is 0.0201 e. The predicted molar refractivity (Wildman–Crippen MR) is 107 cm³/mol. The summed E-state index contributed by atoms with van der Waals surface area (Å²) >= 11 is 11.0. The van der Waals surface area contributed by atoms with Crippen LogP contribution in [0.3, 0.4) is 0 Å². The average Bonchev–Trinajstić information content (AvgIpc) is 2.58. The molecule has 0 fully saturated rings. The highest BCUT2D eigenvalue weighted by Crippen LogP contribution is 2.38. The van der Waals surface area contributed by atoms with Crippen LogP contribution in [-0.2, 0) is 0 Å². The molecule has 4 aromatic rings. The van der Waals surface area contributed by atoms with Gasteiger partial charge in [0.2, 0.25) is 0 Å². The van der Waals surface area contributed by atoms with Crippen LogP contribution in [0.5, 0.6) is 0 Å². The van der Waals surface area contributed by atoms with Crippen molar-refractivity contribution in [3.8, 4) is 0 Å². The molecule has 0 atom stereocenters. The van der Waals surface area contributed by atoms with E-state index in [2.05, 4.69) is 92.0 Å². The fourth-order valence-electron chi connectivity index (χ4n) is 2.79. The van der Waals surface area contributed by atoms with Gasteiger partial charge in [0.15, 0.2) is 0 Å². The molecule has 112 valence electrons. The van der Waals surface area contributed by atoms with Gasteiger partial charge in [0, 0.05) is 19.6 Å². The molecule has 0 N–H and O–H groups in total. The molecule has 3 heteroatoms. The third-order valence-electron chi connectivity index (χ3n) is 3.90. The molecule has 23 heavy (non-hydrogen) atoms. The first-order valence-electron chi connectivity index (χ1n) is 7.33. The van der Waals surface area contributed by atoms with E-state index in [0.717, 1.165) is 9.79 Å². The zero-order chi connectivity index (χ0) is 15.8. The highest BCUT2D eigenvalue weighted by Gasteiger charge is 2.07. The fraction of sp³-hybridized carbons (Fsp3) is 0. The zero-order valence-electron chi connectivity index (χ0n) is 12.2. The van der Waals surface area contributed by atoms with Crippen molar-refractivity contribution in [2.75, 3.05) is 0 Å². The average molecular weight is 351 g/mol. The van der Waals surface area contributed by atoms with Gasteiger partial charge in [0.1, 0.15) is 0 Å². The first-order chi connectivity index (χ1) is 11.2. The molecule has 0 aliphatic heterocycles. The van der Waals surface area contributed by atoms with Crippen LogP contribution in [0.2, 0.25) is 0 Å². The monoisotopic (exact) mass is 350 g/mol. The quantitative estimate of drug-likeness (QED) is 0.378. The number of thiol groups is 2. The van der Waals surface area contributed by atoms with E-state index < -0.39 is 0 Å². The molecule has 0 unspecified atom stereocenters. The van der Waals surface area contributed by atoms with E-state index >= 15 is 0 Å². The summed E-state index contributed by atoms with van der Waals surface area (Å²) in [5, 5.41) is 4.83. The van der Waals surface area contributed by atoms with Crippen molar-refractivity contribution in [2.45, 2.75) is 19.6 Å². The molecule has 0 nitrogen and oxygen atoms in total. The number of fused-ring (bicyclic) bond motifs is 2. The molecule has 0 aliphatic carbocycles. The lowest BCUT2D eigenvalue weighted by Crippen LogP contribution is -1.82. The standard InChI is InChI=1S/C20H14S3/c21-18-9-10-20(17-8-4-3-7-16(17)18)23-14-11-13-5-1-2-6-15(13)19(22)12-14/h1-12,21-22H. The third kappa shape index (κ3) is 2.85. The van der Waals surface area contributed by atoms with Gasteiger partial charge in [0.25, 0.3) is 0 Å². The van der Waals surface area contributed by atoms with Gasteiger partial charge >= 0.3 is 0 Å². The molecule has 4 rings (SSSR count). The van der Waals surface area contributed by atoms with Crippen LogP contribution < -0.4 is 0 Å². The SMILES string of the molecule is Sc1cc(Sc2ccc(S)c3ccccc23)cc2ccccc12. The maximum absolute atomic E-state index is 4.65. The third-order valence-corrected chi connectivity index (χ3v) is 5.71. The Morgan fingerprint density at radius 2 is 1.30 bits per heavy atom. The Hall–Kier alpha value is -1.55. The summed E-state index contributed by atoms with van der Waals surface area (Å²) in [6.45, 7) is 0. The minimum Gasteiger partial charge on any atom is -0.143 e. The molecule has 0 saturated heterocycles. The van der Waals surface area contributed by atoms with E-state index in [0.29, 0.717) is 0 Å². The lowest BCUT2D eigenvalue weighted by Gasteiger charge is -2.10. The van der Waals surface area contributed by atoms with Crippen molar-refractivity contribution < 1.29 is 0 Å². The molecule has 0 bridgehead atoms. The lowest BCUT2D eigenvalue weighted by molar-refractivity contribution is 1.38. The van der Waals surface area contributed by atoms with E-state index in [9.17, 15) is 0 Å². The Morgan fingerprint density at radius 1 is 0.609 bits per heavy atom.